The van der Waals surface area contributed by atoms with Gasteiger partial charge in [0.25, 0.3) is 0 Å². The molecule has 0 atom stereocenters. The molecule has 0 aromatic heterocycles. The van der Waals surface area contributed by atoms with Gasteiger partial charge < -0.3 is 0 Å². The second-order valence-electron chi connectivity index (χ2n) is 5.43. The van der Waals surface area contributed by atoms with E-state index in [-0.39, 0.29) is 5.82 Å². The summed E-state index contributed by atoms with van der Waals surface area (Å²) in [4.78, 5) is 0. The molecule has 0 spiro atoms. The molecule has 0 unspecified atom stereocenters. The zero-order chi connectivity index (χ0) is 15.5. The Morgan fingerprint density at radius 3 is 1.95 bits per heavy atom. The van der Waals surface area contributed by atoms with E-state index in [4.69, 9.17) is 0 Å². The monoisotopic (exact) mass is 303 g/mol. The van der Waals surface area contributed by atoms with E-state index in [2.05, 4.69) is 10.2 Å². The molecule has 2 heteroatoms. The highest BCUT2D eigenvalue weighted by Gasteiger charge is 2.07. The third-order valence-corrected chi connectivity index (χ3v) is 4.23. The van der Waals surface area contributed by atoms with Gasteiger partial charge in [-0.3, -0.25) is 0 Å². The lowest BCUT2D eigenvalue weighted by Gasteiger charge is -2.08. The Bertz CT molecular complexity index is 774. The Hall–Kier alpha value is -2.19. The van der Waals surface area contributed by atoms with Crippen LogP contribution in [0.3, 0.4) is 0 Å². The first kappa shape index (κ1) is 14.7. The third-order valence-electron chi connectivity index (χ3n) is 3.82. The fraction of sp³-hybridized carbons (Fsp3) is 0.100. The molecule has 0 saturated carbocycles. The van der Waals surface area contributed by atoms with E-state index in [0.717, 1.165) is 22.7 Å². The standard InChI is InChI=1S/C20H16FSi/c1-14-2-6-17(7-3-14)19-11-10-18(12-20(19)21)16-8-4-15(13-22)5-9-16/h2-12H,13H2,1H3. The van der Waals surface area contributed by atoms with E-state index in [1.165, 1.54) is 11.1 Å². The molecule has 3 rings (SSSR count). The van der Waals surface area contributed by atoms with E-state index >= 15 is 0 Å². The molecule has 0 fully saturated rings. The summed E-state index contributed by atoms with van der Waals surface area (Å²) in [5, 5.41) is 0. The average Bonchev–Trinajstić information content (AvgIpc) is 2.56. The molecular weight excluding hydrogens is 287 g/mol. The van der Waals surface area contributed by atoms with Gasteiger partial charge in [0.05, 0.1) is 0 Å². The van der Waals surface area contributed by atoms with E-state index in [1.54, 1.807) is 6.07 Å². The molecule has 0 aliphatic heterocycles. The van der Waals surface area contributed by atoms with Crippen LogP contribution < -0.4 is 0 Å². The Morgan fingerprint density at radius 1 is 0.773 bits per heavy atom. The van der Waals surface area contributed by atoms with Crippen LogP contribution in [-0.2, 0) is 6.04 Å². The Kier molecular flexibility index (Phi) is 4.21. The van der Waals surface area contributed by atoms with Crippen LogP contribution >= 0.6 is 0 Å². The molecule has 3 aromatic rings. The summed E-state index contributed by atoms with van der Waals surface area (Å²) in [7, 11) is 3.48. The van der Waals surface area contributed by atoms with E-state index in [1.807, 2.05) is 67.6 Å². The molecule has 0 amide bonds. The quantitative estimate of drug-likeness (QED) is 0.588. The van der Waals surface area contributed by atoms with Gasteiger partial charge in [0.2, 0.25) is 0 Å². The first-order valence-electron chi connectivity index (χ1n) is 7.28. The lowest BCUT2D eigenvalue weighted by Crippen LogP contribution is -1.88. The Balaban J connectivity index is 1.96. The summed E-state index contributed by atoms with van der Waals surface area (Å²) in [6.07, 6.45) is 0. The van der Waals surface area contributed by atoms with Crippen molar-refractivity contribution in [1.29, 1.82) is 0 Å². The van der Waals surface area contributed by atoms with E-state index in [0.29, 0.717) is 5.56 Å². The molecule has 0 nitrogen and oxygen atoms in total. The van der Waals surface area contributed by atoms with Crippen molar-refractivity contribution in [2.75, 3.05) is 0 Å². The van der Waals surface area contributed by atoms with Crippen LogP contribution in [0.4, 0.5) is 4.39 Å². The molecule has 0 aliphatic rings. The van der Waals surface area contributed by atoms with Gasteiger partial charge >= 0.3 is 0 Å². The summed E-state index contributed by atoms with van der Waals surface area (Å²) < 4.78 is 14.5. The van der Waals surface area contributed by atoms with E-state index in [9.17, 15) is 4.39 Å². The van der Waals surface area contributed by atoms with Crippen molar-refractivity contribution in [3.63, 3.8) is 0 Å². The van der Waals surface area contributed by atoms with Gasteiger partial charge in [-0.25, -0.2) is 4.39 Å². The molecule has 0 N–H and O–H groups in total. The van der Waals surface area contributed by atoms with Crippen LogP contribution in [-0.4, -0.2) is 10.2 Å². The number of aryl methyl sites for hydroxylation is 1. The number of hydrogen-bond donors (Lipinski definition) is 0. The molecule has 0 aliphatic carbocycles. The van der Waals surface area contributed by atoms with Gasteiger partial charge in [-0.1, -0.05) is 71.8 Å². The molecule has 0 saturated heterocycles. The number of halogens is 1. The second kappa shape index (κ2) is 6.28. The van der Waals surface area contributed by atoms with Crippen LogP contribution in [0.1, 0.15) is 11.1 Å². The van der Waals surface area contributed by atoms with Crippen LogP contribution in [0.15, 0.2) is 66.7 Å². The first-order chi connectivity index (χ1) is 10.7. The van der Waals surface area contributed by atoms with Gasteiger partial charge in [0, 0.05) is 15.8 Å². The molecular formula is C20H16FSi. The molecule has 3 radical (unpaired) electrons. The van der Waals surface area contributed by atoms with Crippen LogP contribution in [0, 0.1) is 12.7 Å². The molecule has 3 aromatic carbocycles. The van der Waals surface area contributed by atoms with Gasteiger partial charge in [0.15, 0.2) is 0 Å². The maximum Gasteiger partial charge on any atom is 0.131 e. The summed E-state index contributed by atoms with van der Waals surface area (Å²) in [5.74, 6) is -0.189. The summed E-state index contributed by atoms with van der Waals surface area (Å²) >= 11 is 0. The summed E-state index contributed by atoms with van der Waals surface area (Å²) in [6, 6.07) is 22.3. The molecule has 0 bridgehead atoms. The van der Waals surface area contributed by atoms with Crippen molar-refractivity contribution in [2.45, 2.75) is 13.0 Å². The summed E-state index contributed by atoms with van der Waals surface area (Å²) in [5.41, 5.74) is 5.85. The van der Waals surface area contributed by atoms with Crippen LogP contribution in [0.2, 0.25) is 0 Å². The largest absolute Gasteiger partial charge is 0.206 e. The maximum atomic E-state index is 14.5. The van der Waals surface area contributed by atoms with Crippen molar-refractivity contribution < 1.29 is 4.39 Å². The van der Waals surface area contributed by atoms with Gasteiger partial charge in [0.1, 0.15) is 5.82 Å². The lowest BCUT2D eigenvalue weighted by molar-refractivity contribution is 0.632. The zero-order valence-electron chi connectivity index (χ0n) is 12.4. The highest BCUT2D eigenvalue weighted by molar-refractivity contribution is 6.08. The normalized spacial score (nSPS) is 10.7. The van der Waals surface area contributed by atoms with Gasteiger partial charge in [-0.15, -0.1) is 0 Å². The number of rotatable bonds is 3. The minimum absolute atomic E-state index is 0.189. The molecule has 0 heterocycles. The van der Waals surface area contributed by atoms with Crippen LogP contribution in [0.25, 0.3) is 22.3 Å². The lowest BCUT2D eigenvalue weighted by atomic mass is 9.98. The topological polar surface area (TPSA) is 0 Å². The highest BCUT2D eigenvalue weighted by atomic mass is 28.1. The molecule has 22 heavy (non-hydrogen) atoms. The maximum absolute atomic E-state index is 14.5. The van der Waals surface area contributed by atoms with Crippen molar-refractivity contribution in [1.82, 2.24) is 0 Å². The highest BCUT2D eigenvalue weighted by Crippen LogP contribution is 2.28. The smallest absolute Gasteiger partial charge is 0.131 e. The predicted molar refractivity (Wildman–Crippen MR) is 91.5 cm³/mol. The third kappa shape index (κ3) is 3.02. The fourth-order valence-corrected chi connectivity index (χ4v) is 2.71. The van der Waals surface area contributed by atoms with Gasteiger partial charge in [-0.2, -0.15) is 0 Å². The van der Waals surface area contributed by atoms with E-state index < -0.39 is 0 Å². The van der Waals surface area contributed by atoms with Crippen molar-refractivity contribution in [3.8, 4) is 22.3 Å². The van der Waals surface area contributed by atoms with Crippen molar-refractivity contribution in [2.24, 2.45) is 0 Å². The molecule has 107 valence electrons. The second-order valence-corrected chi connectivity index (χ2v) is 5.79. The fourth-order valence-electron chi connectivity index (χ4n) is 2.48. The minimum atomic E-state index is -0.189. The Morgan fingerprint density at radius 2 is 1.36 bits per heavy atom. The number of benzene rings is 3. The van der Waals surface area contributed by atoms with Crippen LogP contribution in [0.5, 0.6) is 0 Å². The zero-order valence-corrected chi connectivity index (χ0v) is 13.4. The number of hydrogen-bond acceptors (Lipinski definition) is 0. The first-order valence-corrected chi connectivity index (χ1v) is 7.98. The minimum Gasteiger partial charge on any atom is -0.206 e. The van der Waals surface area contributed by atoms with Gasteiger partial charge in [-0.05, 0) is 35.7 Å². The summed E-state index contributed by atoms with van der Waals surface area (Å²) in [6.45, 7) is 2.03. The van der Waals surface area contributed by atoms with Crippen molar-refractivity contribution >= 4 is 10.2 Å². The predicted octanol–water partition coefficient (Wildman–Crippen LogP) is 5.14. The SMILES string of the molecule is Cc1ccc(-c2ccc(-c3ccc(C[Si])cc3)cc2F)cc1. The Labute approximate surface area is 134 Å². The average molecular weight is 303 g/mol. The van der Waals surface area contributed by atoms with Crippen molar-refractivity contribution in [3.05, 3.63) is 83.7 Å².